The molecule has 1 aromatic carbocycles. The predicted molar refractivity (Wildman–Crippen MR) is 96.4 cm³/mol. The highest BCUT2D eigenvalue weighted by molar-refractivity contribution is 6.36. The third kappa shape index (κ3) is 3.19. The highest BCUT2D eigenvalue weighted by Crippen LogP contribution is 2.40. The van der Waals surface area contributed by atoms with E-state index in [1.807, 2.05) is 0 Å². The van der Waals surface area contributed by atoms with Gasteiger partial charge in [-0.3, -0.25) is 14.6 Å². The summed E-state index contributed by atoms with van der Waals surface area (Å²) in [5, 5.41) is 9.88. The second kappa shape index (κ2) is 6.83. The molecule has 130 valence electrons. The Kier molecular flexibility index (Phi) is 4.91. The van der Waals surface area contributed by atoms with Crippen LogP contribution in [0.25, 0.3) is 11.1 Å². The van der Waals surface area contributed by atoms with E-state index in [0.717, 1.165) is 0 Å². The number of carboxylic acids is 1. The predicted octanol–water partition coefficient (Wildman–Crippen LogP) is 4.14. The van der Waals surface area contributed by atoms with Gasteiger partial charge in [-0.1, -0.05) is 29.3 Å². The van der Waals surface area contributed by atoms with Crippen molar-refractivity contribution in [2.24, 2.45) is 0 Å². The zero-order chi connectivity index (χ0) is 18.3. The molecule has 3 rings (SSSR count). The van der Waals surface area contributed by atoms with E-state index in [1.165, 1.54) is 4.90 Å². The number of hydrogen-bond acceptors (Lipinski definition) is 3. The highest BCUT2D eigenvalue weighted by atomic mass is 35.5. The molecular weight excluding hydrogens is 387 g/mol. The van der Waals surface area contributed by atoms with Gasteiger partial charge in [0.1, 0.15) is 6.54 Å². The number of amides is 1. The molecule has 0 saturated heterocycles. The molecule has 0 spiro atoms. The normalized spacial score (nSPS) is 13.3. The molecule has 8 heteroatoms. The molecule has 2 heterocycles. The molecule has 1 aliphatic rings. The van der Waals surface area contributed by atoms with Crippen molar-refractivity contribution in [3.63, 3.8) is 0 Å². The molecule has 1 aliphatic heterocycles. The van der Waals surface area contributed by atoms with Crippen LogP contribution in [0.5, 0.6) is 0 Å². The monoisotopic (exact) mass is 398 g/mol. The van der Waals surface area contributed by atoms with Crippen molar-refractivity contribution in [2.75, 3.05) is 6.54 Å². The summed E-state index contributed by atoms with van der Waals surface area (Å²) in [6, 6.07) is 4.99. The van der Waals surface area contributed by atoms with Crippen molar-refractivity contribution < 1.29 is 14.7 Å². The average molecular weight is 400 g/mol. The molecule has 2 aromatic rings. The van der Waals surface area contributed by atoms with Gasteiger partial charge in [0.2, 0.25) is 0 Å². The van der Waals surface area contributed by atoms with Gasteiger partial charge in [0, 0.05) is 32.7 Å². The topological polar surface area (TPSA) is 70.5 Å². The maximum absolute atomic E-state index is 12.8. The van der Waals surface area contributed by atoms with E-state index in [9.17, 15) is 9.59 Å². The Balaban J connectivity index is 2.26. The van der Waals surface area contributed by atoms with Crippen molar-refractivity contribution in [3.8, 4) is 11.1 Å². The van der Waals surface area contributed by atoms with Crippen LogP contribution in [0.3, 0.4) is 0 Å². The lowest BCUT2D eigenvalue weighted by atomic mass is 9.93. The molecule has 0 radical (unpaired) electrons. The van der Waals surface area contributed by atoms with Crippen molar-refractivity contribution in [1.82, 2.24) is 9.88 Å². The summed E-state index contributed by atoms with van der Waals surface area (Å²) < 4.78 is 0. The first-order chi connectivity index (χ1) is 11.8. The van der Waals surface area contributed by atoms with E-state index in [4.69, 9.17) is 39.9 Å². The number of aromatic nitrogens is 1. The third-order valence-corrected chi connectivity index (χ3v) is 4.90. The van der Waals surface area contributed by atoms with Gasteiger partial charge < -0.3 is 10.0 Å². The fourth-order valence-electron chi connectivity index (χ4n) is 3.00. The smallest absolute Gasteiger partial charge is 0.323 e. The van der Waals surface area contributed by atoms with Crippen molar-refractivity contribution in [2.45, 2.75) is 19.3 Å². The minimum Gasteiger partial charge on any atom is -0.480 e. The lowest BCUT2D eigenvalue weighted by Gasteiger charge is -2.16. The highest BCUT2D eigenvalue weighted by Gasteiger charge is 2.35. The first-order valence-corrected chi connectivity index (χ1v) is 8.67. The van der Waals surface area contributed by atoms with Crippen LogP contribution in [-0.2, 0) is 17.2 Å². The number of halogens is 3. The average Bonchev–Trinajstić information content (AvgIpc) is 2.81. The molecule has 25 heavy (non-hydrogen) atoms. The van der Waals surface area contributed by atoms with Crippen LogP contribution >= 0.6 is 34.8 Å². The van der Waals surface area contributed by atoms with Gasteiger partial charge in [-0.05, 0) is 24.6 Å². The number of aliphatic carboxylic acids is 1. The zero-order valence-electron chi connectivity index (χ0n) is 13.1. The lowest BCUT2D eigenvalue weighted by molar-refractivity contribution is -0.137. The zero-order valence-corrected chi connectivity index (χ0v) is 15.4. The molecule has 0 atom stereocenters. The summed E-state index contributed by atoms with van der Waals surface area (Å²) in [7, 11) is 0. The molecule has 1 N–H and O–H groups in total. The number of nitrogens with zero attached hydrogens (tertiary/aromatic N) is 2. The standard InChI is InChI=1S/C17H13Cl3N2O3/c1-8-11(5-18)15(10-3-2-9(19)4-12(10)20)16-13(21-8)6-22(17(16)25)7-14(23)24/h2-4H,5-7H2,1H3,(H,23,24). The number of pyridine rings is 1. The third-order valence-electron chi connectivity index (χ3n) is 4.08. The number of benzene rings is 1. The first kappa shape index (κ1) is 18.0. The van der Waals surface area contributed by atoms with Gasteiger partial charge >= 0.3 is 5.97 Å². The molecule has 0 aliphatic carbocycles. The number of carbonyl (C=O) groups excluding carboxylic acids is 1. The molecular formula is C17H13Cl3N2O3. The van der Waals surface area contributed by atoms with Gasteiger partial charge in [-0.2, -0.15) is 0 Å². The minimum absolute atomic E-state index is 0.141. The van der Waals surface area contributed by atoms with E-state index < -0.39 is 18.4 Å². The summed E-state index contributed by atoms with van der Waals surface area (Å²) in [5.74, 6) is -1.33. The second-order valence-corrected chi connectivity index (χ2v) is 6.80. The van der Waals surface area contributed by atoms with Crippen LogP contribution in [-0.4, -0.2) is 33.4 Å². The Morgan fingerprint density at radius 2 is 2.04 bits per heavy atom. The SMILES string of the molecule is Cc1nc2c(c(-c3ccc(Cl)cc3Cl)c1CCl)C(=O)N(CC(=O)O)C2. The summed E-state index contributed by atoms with van der Waals surface area (Å²) in [6.07, 6.45) is 0. The Morgan fingerprint density at radius 1 is 1.32 bits per heavy atom. The molecule has 0 unspecified atom stereocenters. The Bertz CT molecular complexity index is 899. The van der Waals surface area contributed by atoms with Gasteiger partial charge in [0.15, 0.2) is 0 Å². The van der Waals surface area contributed by atoms with Gasteiger partial charge in [0.05, 0.1) is 17.8 Å². The van der Waals surface area contributed by atoms with Gasteiger partial charge in [0.25, 0.3) is 5.91 Å². The molecule has 1 aromatic heterocycles. The number of carbonyl (C=O) groups is 2. The fraction of sp³-hybridized carbons (Fsp3) is 0.235. The van der Waals surface area contributed by atoms with Gasteiger partial charge in [-0.15, -0.1) is 11.6 Å². The maximum atomic E-state index is 12.8. The van der Waals surface area contributed by atoms with E-state index in [0.29, 0.717) is 43.7 Å². The molecule has 0 fully saturated rings. The lowest BCUT2D eigenvalue weighted by Crippen LogP contribution is -2.30. The number of rotatable bonds is 4. The molecule has 5 nitrogen and oxygen atoms in total. The van der Waals surface area contributed by atoms with E-state index in [2.05, 4.69) is 4.98 Å². The minimum atomic E-state index is -1.08. The first-order valence-electron chi connectivity index (χ1n) is 7.38. The maximum Gasteiger partial charge on any atom is 0.323 e. The van der Waals surface area contributed by atoms with Crippen LogP contribution in [0.4, 0.5) is 0 Å². The van der Waals surface area contributed by atoms with Crippen LogP contribution in [0.1, 0.15) is 27.3 Å². The fourth-order valence-corrected chi connectivity index (χ4v) is 3.83. The van der Waals surface area contributed by atoms with Crippen molar-refractivity contribution in [3.05, 3.63) is 50.8 Å². The largest absolute Gasteiger partial charge is 0.480 e. The quantitative estimate of drug-likeness (QED) is 0.784. The number of alkyl halides is 1. The second-order valence-electron chi connectivity index (χ2n) is 5.69. The number of aryl methyl sites for hydroxylation is 1. The number of carboxylic acid groups (broad SMARTS) is 1. The van der Waals surface area contributed by atoms with Crippen LogP contribution in [0, 0.1) is 6.92 Å². The number of hydrogen-bond donors (Lipinski definition) is 1. The van der Waals surface area contributed by atoms with Crippen LogP contribution < -0.4 is 0 Å². The molecule has 0 bridgehead atoms. The summed E-state index contributed by atoms with van der Waals surface area (Å²) in [5.41, 5.74) is 3.46. The summed E-state index contributed by atoms with van der Waals surface area (Å²) >= 11 is 18.4. The Labute approximate surface area is 159 Å². The van der Waals surface area contributed by atoms with Crippen LogP contribution in [0.15, 0.2) is 18.2 Å². The molecule has 0 saturated carbocycles. The van der Waals surface area contributed by atoms with Crippen molar-refractivity contribution in [1.29, 1.82) is 0 Å². The van der Waals surface area contributed by atoms with E-state index >= 15 is 0 Å². The molecule has 1 amide bonds. The van der Waals surface area contributed by atoms with E-state index in [-0.39, 0.29) is 12.4 Å². The van der Waals surface area contributed by atoms with Crippen LogP contribution in [0.2, 0.25) is 10.0 Å². The summed E-state index contributed by atoms with van der Waals surface area (Å²) in [4.78, 5) is 29.5. The Morgan fingerprint density at radius 3 is 2.64 bits per heavy atom. The summed E-state index contributed by atoms with van der Waals surface area (Å²) in [6.45, 7) is 1.55. The van der Waals surface area contributed by atoms with Crippen molar-refractivity contribution >= 4 is 46.7 Å². The van der Waals surface area contributed by atoms with Gasteiger partial charge in [-0.25, -0.2) is 0 Å². The number of fused-ring (bicyclic) bond motifs is 1. The Hall–Kier alpha value is -1.82. The van der Waals surface area contributed by atoms with E-state index in [1.54, 1.807) is 25.1 Å².